The first-order chi connectivity index (χ1) is 4.43. The van der Waals surface area contributed by atoms with E-state index in [2.05, 4.69) is 15.2 Å². The zero-order chi connectivity index (χ0) is 6.53. The summed E-state index contributed by atoms with van der Waals surface area (Å²) in [4.78, 5) is 3.87. The van der Waals surface area contributed by atoms with Crippen molar-refractivity contribution in [3.05, 3.63) is 6.33 Å². The van der Waals surface area contributed by atoms with E-state index in [-0.39, 0.29) is 0 Å². The predicted octanol–water partition coefficient (Wildman–Crippen LogP) is 0.501. The lowest BCUT2D eigenvalue weighted by atomic mass is 11.3. The standard InChI is InChI=1S/C4H7N3OS/c1-8-3-9-4-5-2-6-7-4/h2H,3H2,1H3,(H,5,6,7). The van der Waals surface area contributed by atoms with Crippen molar-refractivity contribution in [3.63, 3.8) is 0 Å². The van der Waals surface area contributed by atoms with Crippen molar-refractivity contribution in [2.75, 3.05) is 13.0 Å². The molecule has 9 heavy (non-hydrogen) atoms. The number of ether oxygens (including phenoxy) is 1. The Morgan fingerprint density at radius 1 is 1.89 bits per heavy atom. The third-order valence-electron chi connectivity index (χ3n) is 0.706. The number of nitrogens with one attached hydrogen (secondary N) is 1. The molecule has 0 spiro atoms. The van der Waals surface area contributed by atoms with Gasteiger partial charge in [0.2, 0.25) is 0 Å². The summed E-state index contributed by atoms with van der Waals surface area (Å²) in [7, 11) is 1.64. The van der Waals surface area contributed by atoms with Crippen molar-refractivity contribution >= 4 is 11.8 Å². The number of H-pyrrole nitrogens is 1. The smallest absolute Gasteiger partial charge is 0.185 e. The summed E-state index contributed by atoms with van der Waals surface area (Å²) in [5.41, 5.74) is 0. The van der Waals surface area contributed by atoms with Gasteiger partial charge in [-0.25, -0.2) is 4.98 Å². The molecular weight excluding hydrogens is 138 g/mol. The van der Waals surface area contributed by atoms with Crippen molar-refractivity contribution < 1.29 is 4.74 Å². The van der Waals surface area contributed by atoms with Crippen molar-refractivity contribution in [1.82, 2.24) is 15.2 Å². The molecule has 0 unspecified atom stereocenters. The highest BCUT2D eigenvalue weighted by Gasteiger charge is 1.92. The molecule has 0 bridgehead atoms. The Morgan fingerprint density at radius 3 is 3.33 bits per heavy atom. The SMILES string of the molecule is COCSc1ncn[nH]1. The number of hydrogen-bond donors (Lipinski definition) is 1. The van der Waals surface area contributed by atoms with Crippen LogP contribution in [0.15, 0.2) is 11.5 Å². The molecule has 0 aliphatic heterocycles. The van der Waals surface area contributed by atoms with Crippen LogP contribution in [0.25, 0.3) is 0 Å². The zero-order valence-corrected chi connectivity index (χ0v) is 5.81. The molecule has 0 aromatic carbocycles. The number of rotatable bonds is 3. The quantitative estimate of drug-likeness (QED) is 0.497. The van der Waals surface area contributed by atoms with Crippen molar-refractivity contribution in [2.45, 2.75) is 5.16 Å². The van der Waals surface area contributed by atoms with Crippen molar-refractivity contribution in [2.24, 2.45) is 0 Å². The van der Waals surface area contributed by atoms with Crippen LogP contribution >= 0.6 is 11.8 Å². The van der Waals surface area contributed by atoms with Crippen LogP contribution in [0.2, 0.25) is 0 Å². The molecule has 0 aliphatic carbocycles. The van der Waals surface area contributed by atoms with E-state index in [1.54, 1.807) is 7.11 Å². The minimum atomic E-state index is 0.606. The van der Waals surface area contributed by atoms with Gasteiger partial charge < -0.3 is 4.74 Å². The maximum Gasteiger partial charge on any atom is 0.185 e. The van der Waals surface area contributed by atoms with Gasteiger partial charge in [-0.3, -0.25) is 5.10 Å². The van der Waals surface area contributed by atoms with Gasteiger partial charge >= 0.3 is 0 Å². The van der Waals surface area contributed by atoms with Gasteiger partial charge in [-0.2, -0.15) is 5.10 Å². The molecule has 0 saturated heterocycles. The number of aromatic amines is 1. The van der Waals surface area contributed by atoms with Crippen molar-refractivity contribution in [3.8, 4) is 0 Å². The number of nitrogens with zero attached hydrogens (tertiary/aromatic N) is 2. The molecule has 1 heterocycles. The van der Waals surface area contributed by atoms with Crippen molar-refractivity contribution in [1.29, 1.82) is 0 Å². The zero-order valence-electron chi connectivity index (χ0n) is 5.00. The van der Waals surface area contributed by atoms with E-state index in [0.717, 1.165) is 5.16 Å². The Hall–Kier alpha value is -0.550. The molecule has 5 heteroatoms. The summed E-state index contributed by atoms with van der Waals surface area (Å²) in [5, 5.41) is 7.15. The molecule has 1 aromatic heterocycles. The van der Waals surface area contributed by atoms with E-state index in [1.165, 1.54) is 18.1 Å². The van der Waals surface area contributed by atoms with Crippen LogP contribution in [-0.4, -0.2) is 28.2 Å². The van der Waals surface area contributed by atoms with Gasteiger partial charge in [0.25, 0.3) is 0 Å². The molecule has 50 valence electrons. The first kappa shape index (κ1) is 6.57. The molecule has 1 aromatic rings. The largest absolute Gasteiger partial charge is 0.374 e. The van der Waals surface area contributed by atoms with Crippen LogP contribution in [0.4, 0.5) is 0 Å². The first-order valence-electron chi connectivity index (χ1n) is 2.40. The lowest BCUT2D eigenvalue weighted by Gasteiger charge is -1.90. The van der Waals surface area contributed by atoms with Crippen LogP contribution in [0, 0.1) is 0 Å². The third-order valence-corrected chi connectivity index (χ3v) is 1.53. The number of thioether (sulfide) groups is 1. The summed E-state index contributed by atoms with van der Waals surface area (Å²) in [5.74, 6) is 0.606. The lowest BCUT2D eigenvalue weighted by molar-refractivity contribution is 0.258. The van der Waals surface area contributed by atoms with Crippen LogP contribution in [-0.2, 0) is 4.74 Å². The number of hydrogen-bond acceptors (Lipinski definition) is 4. The first-order valence-corrected chi connectivity index (χ1v) is 3.39. The monoisotopic (exact) mass is 145 g/mol. The van der Waals surface area contributed by atoms with Gasteiger partial charge in [-0.05, 0) is 0 Å². The second-order valence-corrected chi connectivity index (χ2v) is 2.25. The van der Waals surface area contributed by atoms with Gasteiger partial charge in [-0.15, -0.1) is 0 Å². The van der Waals surface area contributed by atoms with E-state index < -0.39 is 0 Å². The average molecular weight is 145 g/mol. The van der Waals surface area contributed by atoms with E-state index in [4.69, 9.17) is 4.74 Å². The minimum absolute atomic E-state index is 0.606. The molecule has 1 N–H and O–H groups in total. The molecule has 4 nitrogen and oxygen atoms in total. The second-order valence-electron chi connectivity index (χ2n) is 1.34. The Bertz CT molecular complexity index is 153. The van der Waals surface area contributed by atoms with Gasteiger partial charge in [0.1, 0.15) is 6.33 Å². The van der Waals surface area contributed by atoms with Crippen LogP contribution in [0.1, 0.15) is 0 Å². The topological polar surface area (TPSA) is 50.8 Å². The Labute approximate surface area is 57.0 Å². The van der Waals surface area contributed by atoms with Crippen LogP contribution in [0.5, 0.6) is 0 Å². The number of aromatic nitrogens is 3. The van der Waals surface area contributed by atoms with Crippen LogP contribution < -0.4 is 0 Å². The number of methoxy groups -OCH3 is 1. The lowest BCUT2D eigenvalue weighted by Crippen LogP contribution is -1.82. The summed E-state index contributed by atoms with van der Waals surface area (Å²) < 4.78 is 4.79. The third kappa shape index (κ3) is 2.03. The van der Waals surface area contributed by atoms with Gasteiger partial charge in [0, 0.05) is 7.11 Å². The molecule has 0 radical (unpaired) electrons. The maximum atomic E-state index is 4.79. The van der Waals surface area contributed by atoms with E-state index in [0.29, 0.717) is 5.94 Å². The van der Waals surface area contributed by atoms with Gasteiger partial charge in [0.05, 0.1) is 5.94 Å². The highest BCUT2D eigenvalue weighted by molar-refractivity contribution is 7.99. The Morgan fingerprint density at radius 2 is 2.78 bits per heavy atom. The summed E-state index contributed by atoms with van der Waals surface area (Å²) in [6.45, 7) is 0. The molecule has 0 amide bonds. The fourth-order valence-corrected chi connectivity index (χ4v) is 0.847. The fraction of sp³-hybridized carbons (Fsp3) is 0.500. The Balaban J connectivity index is 2.30. The predicted molar refractivity (Wildman–Crippen MR) is 34.1 cm³/mol. The summed E-state index contributed by atoms with van der Waals surface area (Å²) in [6, 6.07) is 0. The highest BCUT2D eigenvalue weighted by Crippen LogP contribution is 2.08. The molecule has 1 rings (SSSR count). The summed E-state index contributed by atoms with van der Waals surface area (Å²) >= 11 is 1.48. The van der Waals surface area contributed by atoms with E-state index >= 15 is 0 Å². The molecule has 0 aliphatic rings. The second kappa shape index (κ2) is 3.47. The van der Waals surface area contributed by atoms with Crippen LogP contribution in [0.3, 0.4) is 0 Å². The van der Waals surface area contributed by atoms with E-state index in [9.17, 15) is 0 Å². The fourth-order valence-electron chi connectivity index (χ4n) is 0.379. The van der Waals surface area contributed by atoms with E-state index in [1.807, 2.05) is 0 Å². The van der Waals surface area contributed by atoms with Gasteiger partial charge in [-0.1, -0.05) is 11.8 Å². The minimum Gasteiger partial charge on any atom is -0.374 e. The van der Waals surface area contributed by atoms with Gasteiger partial charge in [0.15, 0.2) is 5.16 Å². The average Bonchev–Trinajstić information content (AvgIpc) is 2.34. The Kier molecular flexibility index (Phi) is 2.53. The normalized spacial score (nSPS) is 9.89. The molecule has 0 atom stereocenters. The maximum absolute atomic E-state index is 4.79. The molecular formula is C4H7N3OS. The highest BCUT2D eigenvalue weighted by atomic mass is 32.2. The molecule has 0 fully saturated rings. The summed E-state index contributed by atoms with van der Waals surface area (Å²) in [6.07, 6.45) is 1.47. The molecule has 0 saturated carbocycles.